The van der Waals surface area contributed by atoms with Crippen LogP contribution in [0.25, 0.3) is 11.4 Å². The maximum absolute atomic E-state index is 13.0. The molecule has 10 heteroatoms. The lowest BCUT2D eigenvalue weighted by atomic mass is 9.97. The Hall–Kier alpha value is -3.30. The Morgan fingerprint density at radius 1 is 0.833 bits per heavy atom. The van der Waals surface area contributed by atoms with E-state index in [0.29, 0.717) is 17.0 Å². The predicted molar refractivity (Wildman–Crippen MR) is 133 cm³/mol. The van der Waals surface area contributed by atoms with E-state index in [1.807, 2.05) is 23.6 Å². The molecule has 1 aromatic carbocycles. The molecule has 4 atom stereocenters. The van der Waals surface area contributed by atoms with E-state index in [-0.39, 0.29) is 49.1 Å². The highest BCUT2D eigenvalue weighted by molar-refractivity contribution is 5.91. The summed E-state index contributed by atoms with van der Waals surface area (Å²) < 4.78 is 6.80. The minimum Gasteiger partial charge on any atom is -0.452 e. The molecule has 3 heterocycles. The summed E-state index contributed by atoms with van der Waals surface area (Å²) in [4.78, 5) is 42.0. The second kappa shape index (κ2) is 11.2. The summed E-state index contributed by atoms with van der Waals surface area (Å²) in [6.07, 6.45) is 6.16. The van der Waals surface area contributed by atoms with Crippen LogP contribution in [-0.2, 0) is 20.9 Å². The molecule has 2 amide bonds. The first-order valence-electron chi connectivity index (χ1n) is 12.9. The van der Waals surface area contributed by atoms with Gasteiger partial charge in [0.1, 0.15) is 6.54 Å². The van der Waals surface area contributed by atoms with E-state index in [2.05, 4.69) is 29.4 Å². The number of carbonyl (C=O) groups is 3. The van der Waals surface area contributed by atoms with Crippen LogP contribution in [0.4, 0.5) is 0 Å². The fraction of sp³-hybridized carbons (Fsp3) is 0.615. The molecule has 2 aliphatic heterocycles. The zero-order valence-electron chi connectivity index (χ0n) is 21.6. The molecule has 10 nitrogen and oxygen atoms in total. The predicted octanol–water partition coefficient (Wildman–Crippen LogP) is 3.08. The van der Waals surface area contributed by atoms with Gasteiger partial charge in [-0.3, -0.25) is 9.59 Å². The molecule has 0 bridgehead atoms. The Morgan fingerprint density at radius 3 is 1.92 bits per heavy atom. The minimum absolute atomic E-state index is 0.00884. The highest BCUT2D eigenvalue weighted by Gasteiger charge is 2.31. The van der Waals surface area contributed by atoms with Gasteiger partial charge >= 0.3 is 5.97 Å². The van der Waals surface area contributed by atoms with Crippen LogP contribution in [-0.4, -0.2) is 78.6 Å². The van der Waals surface area contributed by atoms with Crippen molar-refractivity contribution in [3.63, 3.8) is 0 Å². The molecule has 0 unspecified atom stereocenters. The number of carbonyl (C=O) groups excluding carboxylic acids is 3. The highest BCUT2D eigenvalue weighted by atomic mass is 16.5. The number of likely N-dealkylation sites (tertiary alicyclic amines) is 2. The third-order valence-electron chi connectivity index (χ3n) is 7.49. The Balaban J connectivity index is 1.37. The molecule has 36 heavy (non-hydrogen) atoms. The topological polar surface area (TPSA) is 111 Å². The van der Waals surface area contributed by atoms with Crippen molar-refractivity contribution in [3.05, 3.63) is 29.8 Å². The van der Waals surface area contributed by atoms with E-state index in [4.69, 9.17) is 4.74 Å². The van der Waals surface area contributed by atoms with Crippen LogP contribution in [0.1, 0.15) is 76.6 Å². The third kappa shape index (κ3) is 5.57. The molecule has 2 fully saturated rings. The van der Waals surface area contributed by atoms with E-state index in [9.17, 15) is 14.4 Å². The molecule has 2 aliphatic rings. The minimum atomic E-state index is -0.560. The summed E-state index contributed by atoms with van der Waals surface area (Å²) in [6.45, 7) is 7.99. The van der Waals surface area contributed by atoms with E-state index in [0.717, 1.165) is 38.5 Å². The zero-order chi connectivity index (χ0) is 25.8. The number of benzene rings is 1. The Kier molecular flexibility index (Phi) is 8.01. The average molecular weight is 497 g/mol. The molecule has 2 aromatic rings. The monoisotopic (exact) mass is 496 g/mol. The maximum atomic E-state index is 13.0. The number of amides is 2. The molecule has 0 radical (unpaired) electrons. The molecule has 0 N–H and O–H groups in total. The first-order chi connectivity index (χ1) is 17.3. The van der Waals surface area contributed by atoms with E-state index in [1.165, 1.54) is 4.68 Å². The van der Waals surface area contributed by atoms with Crippen molar-refractivity contribution in [2.75, 3.05) is 6.61 Å². The van der Waals surface area contributed by atoms with Gasteiger partial charge in [-0.25, -0.2) is 9.48 Å². The van der Waals surface area contributed by atoms with Crippen LogP contribution in [0, 0.1) is 0 Å². The van der Waals surface area contributed by atoms with Gasteiger partial charge in [-0.2, -0.15) is 0 Å². The van der Waals surface area contributed by atoms with Crippen LogP contribution in [0.2, 0.25) is 0 Å². The van der Waals surface area contributed by atoms with Gasteiger partial charge in [0.15, 0.2) is 12.4 Å². The molecule has 4 rings (SSSR count). The first kappa shape index (κ1) is 25.8. The molecular weight excluding hydrogens is 460 g/mol. The van der Waals surface area contributed by atoms with Crippen molar-refractivity contribution >= 4 is 17.8 Å². The van der Waals surface area contributed by atoms with Crippen molar-refractivity contribution in [1.29, 1.82) is 0 Å². The first-order valence-corrected chi connectivity index (χ1v) is 12.9. The third-order valence-corrected chi connectivity index (χ3v) is 7.49. The van der Waals surface area contributed by atoms with Crippen LogP contribution >= 0.6 is 0 Å². The summed E-state index contributed by atoms with van der Waals surface area (Å²) in [6, 6.07) is 7.35. The SMILES string of the molecule is C[C@@H]1CCC[C@H](C)N1C(=O)COC(=O)c1ccc(-c2nnnn2CC(=O)N2[C@@H](C)CCC[C@@H]2C)cc1. The summed E-state index contributed by atoms with van der Waals surface area (Å²) in [5.74, 6) is -0.287. The number of hydrogen-bond acceptors (Lipinski definition) is 7. The Morgan fingerprint density at radius 2 is 1.36 bits per heavy atom. The summed E-state index contributed by atoms with van der Waals surface area (Å²) in [5.41, 5.74) is 1.01. The second-order valence-electron chi connectivity index (χ2n) is 10.2. The van der Waals surface area contributed by atoms with Crippen LogP contribution in [0.3, 0.4) is 0 Å². The van der Waals surface area contributed by atoms with Gasteiger partial charge in [0.2, 0.25) is 5.91 Å². The number of aromatic nitrogens is 4. The van der Waals surface area contributed by atoms with Gasteiger partial charge in [0.05, 0.1) is 5.56 Å². The lowest BCUT2D eigenvalue weighted by Gasteiger charge is -2.39. The van der Waals surface area contributed by atoms with Gasteiger partial charge in [-0.15, -0.1) is 5.10 Å². The zero-order valence-corrected chi connectivity index (χ0v) is 21.6. The summed E-state index contributed by atoms with van der Waals surface area (Å²) in [5, 5.41) is 11.9. The number of rotatable bonds is 6. The van der Waals surface area contributed by atoms with Crippen molar-refractivity contribution < 1.29 is 19.1 Å². The standard InChI is InChI=1S/C26H36N6O4/c1-17-7-5-8-18(2)31(17)23(33)15-30-25(27-28-29-30)21-11-13-22(14-12-21)26(35)36-16-24(34)32-19(3)9-6-10-20(32)4/h11-14,17-20H,5-10,15-16H2,1-4H3/t17-,18-,19-,20+/m0/s1. The quantitative estimate of drug-likeness (QED) is 0.565. The normalized spacial score (nSPS) is 24.4. The smallest absolute Gasteiger partial charge is 0.338 e. The van der Waals surface area contributed by atoms with E-state index >= 15 is 0 Å². The second-order valence-corrected chi connectivity index (χ2v) is 10.2. The highest BCUT2D eigenvalue weighted by Crippen LogP contribution is 2.24. The van der Waals surface area contributed by atoms with Crippen molar-refractivity contribution in [1.82, 2.24) is 30.0 Å². The molecule has 2 saturated heterocycles. The van der Waals surface area contributed by atoms with Crippen molar-refractivity contribution in [2.45, 2.75) is 96.9 Å². The molecular formula is C26H36N6O4. The van der Waals surface area contributed by atoms with Crippen molar-refractivity contribution in [2.24, 2.45) is 0 Å². The number of hydrogen-bond donors (Lipinski definition) is 0. The fourth-order valence-corrected chi connectivity index (χ4v) is 5.59. The molecule has 0 aliphatic carbocycles. The Labute approximate surface area is 212 Å². The van der Waals surface area contributed by atoms with Crippen LogP contribution in [0.5, 0.6) is 0 Å². The van der Waals surface area contributed by atoms with E-state index in [1.54, 1.807) is 24.3 Å². The summed E-state index contributed by atoms with van der Waals surface area (Å²) in [7, 11) is 0. The molecule has 0 saturated carbocycles. The lowest BCUT2D eigenvalue weighted by molar-refractivity contribution is -0.140. The number of ether oxygens (including phenoxy) is 1. The van der Waals surface area contributed by atoms with Gasteiger partial charge in [-0.1, -0.05) is 12.1 Å². The van der Waals surface area contributed by atoms with Crippen LogP contribution in [0.15, 0.2) is 24.3 Å². The van der Waals surface area contributed by atoms with Gasteiger partial charge in [-0.05, 0) is 88.8 Å². The van der Waals surface area contributed by atoms with Crippen molar-refractivity contribution in [3.8, 4) is 11.4 Å². The largest absolute Gasteiger partial charge is 0.452 e. The van der Waals surface area contributed by atoms with Crippen LogP contribution < -0.4 is 0 Å². The number of tetrazole rings is 1. The van der Waals surface area contributed by atoms with Gasteiger partial charge < -0.3 is 14.5 Å². The number of piperidine rings is 2. The maximum Gasteiger partial charge on any atom is 0.338 e. The molecule has 1 aromatic heterocycles. The molecule has 194 valence electrons. The lowest BCUT2D eigenvalue weighted by Crippen LogP contribution is -2.49. The van der Waals surface area contributed by atoms with Gasteiger partial charge in [0, 0.05) is 29.7 Å². The number of nitrogens with zero attached hydrogens (tertiary/aromatic N) is 6. The fourth-order valence-electron chi connectivity index (χ4n) is 5.59. The number of esters is 1. The average Bonchev–Trinajstić information content (AvgIpc) is 3.30. The Bertz CT molecular complexity index is 1060. The van der Waals surface area contributed by atoms with E-state index < -0.39 is 5.97 Å². The van der Waals surface area contributed by atoms with Gasteiger partial charge in [0.25, 0.3) is 5.91 Å². The summed E-state index contributed by atoms with van der Waals surface area (Å²) >= 11 is 0. The molecule has 0 spiro atoms.